The van der Waals surface area contributed by atoms with Gasteiger partial charge in [-0.1, -0.05) is 12.1 Å². The molecule has 0 unspecified atom stereocenters. The summed E-state index contributed by atoms with van der Waals surface area (Å²) in [5.41, 5.74) is 1.37. The number of benzene rings is 1. The maximum atomic E-state index is 11.7. The molecule has 0 aliphatic carbocycles. The van der Waals surface area contributed by atoms with Crippen LogP contribution < -0.4 is 0 Å². The number of aromatic amines is 1. The van der Waals surface area contributed by atoms with Crippen molar-refractivity contribution in [3.63, 3.8) is 0 Å². The highest BCUT2D eigenvalue weighted by atomic mass is 32.2. The molecule has 1 N–H and O–H groups in total. The van der Waals surface area contributed by atoms with Gasteiger partial charge in [-0.25, -0.2) is 17.7 Å². The molecule has 0 radical (unpaired) electrons. The van der Waals surface area contributed by atoms with Gasteiger partial charge < -0.3 is 4.98 Å². The van der Waals surface area contributed by atoms with Crippen LogP contribution >= 0.6 is 0 Å². The highest BCUT2D eigenvalue weighted by Crippen LogP contribution is 2.15. The van der Waals surface area contributed by atoms with Crippen LogP contribution in [0, 0.1) is 0 Å². The van der Waals surface area contributed by atoms with E-state index in [-0.39, 0.29) is 5.16 Å². The maximum absolute atomic E-state index is 11.7. The van der Waals surface area contributed by atoms with Gasteiger partial charge in [-0.3, -0.25) is 0 Å². The molecular weight excluding hydrogens is 214 g/mol. The summed E-state index contributed by atoms with van der Waals surface area (Å²) in [6.45, 7) is 0. The summed E-state index contributed by atoms with van der Waals surface area (Å²) < 4.78 is 24.6. The zero-order valence-corrected chi connectivity index (χ0v) is 9.25. The lowest BCUT2D eigenvalue weighted by molar-refractivity contribution is 0.514. The molecule has 6 heteroatoms. The average molecular weight is 225 g/mol. The summed E-state index contributed by atoms with van der Waals surface area (Å²) in [5, 5.41) is -0.0197. The van der Waals surface area contributed by atoms with Gasteiger partial charge in [-0.05, 0) is 12.1 Å². The molecular formula is C9H11N3O2S. The minimum absolute atomic E-state index is 0.0197. The number of H-pyrrole nitrogens is 1. The van der Waals surface area contributed by atoms with Crippen LogP contribution in [0.2, 0.25) is 0 Å². The zero-order chi connectivity index (χ0) is 11.1. The molecule has 0 saturated heterocycles. The molecule has 0 bridgehead atoms. The fraction of sp³-hybridized carbons (Fsp3) is 0.222. The molecule has 0 aliphatic rings. The number of fused-ring (bicyclic) bond motifs is 1. The highest BCUT2D eigenvalue weighted by molar-refractivity contribution is 7.88. The van der Waals surface area contributed by atoms with E-state index in [1.165, 1.54) is 14.1 Å². The summed E-state index contributed by atoms with van der Waals surface area (Å²) in [4.78, 5) is 6.80. The summed E-state index contributed by atoms with van der Waals surface area (Å²) in [5.74, 6) is 0. The monoisotopic (exact) mass is 225 g/mol. The molecule has 0 fully saturated rings. The quantitative estimate of drug-likeness (QED) is 0.822. The van der Waals surface area contributed by atoms with Crippen molar-refractivity contribution in [3.05, 3.63) is 24.3 Å². The van der Waals surface area contributed by atoms with Gasteiger partial charge in [0, 0.05) is 14.1 Å². The third-order valence-electron chi connectivity index (χ3n) is 2.09. The van der Waals surface area contributed by atoms with Crippen molar-refractivity contribution in [3.8, 4) is 0 Å². The molecule has 0 spiro atoms. The SMILES string of the molecule is CN(C)S(=O)(=O)c1nc2ccccc2[nH]1. The van der Waals surface area contributed by atoms with Crippen LogP contribution in [0.5, 0.6) is 0 Å². The minimum Gasteiger partial charge on any atom is -0.328 e. The highest BCUT2D eigenvalue weighted by Gasteiger charge is 2.21. The standard InChI is InChI=1S/C9H11N3O2S/c1-12(2)15(13,14)9-10-7-5-3-4-6-8(7)11-9/h3-6H,1-2H3,(H,10,11). The Kier molecular flexibility index (Phi) is 2.24. The normalized spacial score (nSPS) is 12.5. The minimum atomic E-state index is -3.47. The molecule has 0 atom stereocenters. The van der Waals surface area contributed by atoms with E-state index in [2.05, 4.69) is 9.97 Å². The third kappa shape index (κ3) is 1.62. The summed E-state index contributed by atoms with van der Waals surface area (Å²) in [7, 11) is -0.523. The Bertz CT molecular complexity index is 553. The number of nitrogens with one attached hydrogen (secondary N) is 1. The van der Waals surface area contributed by atoms with Crippen molar-refractivity contribution in [2.75, 3.05) is 14.1 Å². The first kappa shape index (κ1) is 10.1. The lowest BCUT2D eigenvalue weighted by atomic mass is 10.3. The summed E-state index contributed by atoms with van der Waals surface area (Å²) in [6, 6.07) is 7.19. The first-order valence-corrected chi connectivity index (χ1v) is 5.83. The fourth-order valence-electron chi connectivity index (χ4n) is 1.22. The Morgan fingerprint density at radius 3 is 2.53 bits per heavy atom. The fourth-order valence-corrected chi connectivity index (χ4v) is 2.02. The van der Waals surface area contributed by atoms with Gasteiger partial charge in [0.15, 0.2) is 0 Å². The van der Waals surface area contributed by atoms with E-state index in [0.717, 1.165) is 9.82 Å². The van der Waals surface area contributed by atoms with Crippen LogP contribution in [0.25, 0.3) is 11.0 Å². The Labute approximate surface area is 87.8 Å². The van der Waals surface area contributed by atoms with Crippen LogP contribution in [-0.2, 0) is 10.0 Å². The van der Waals surface area contributed by atoms with Crippen LogP contribution in [0.3, 0.4) is 0 Å². The van der Waals surface area contributed by atoms with Crippen molar-refractivity contribution in [2.45, 2.75) is 5.16 Å². The predicted molar refractivity (Wildman–Crippen MR) is 57.0 cm³/mol. The van der Waals surface area contributed by atoms with Crippen molar-refractivity contribution in [1.29, 1.82) is 0 Å². The number of rotatable bonds is 2. The molecule has 1 aromatic heterocycles. The first-order valence-electron chi connectivity index (χ1n) is 4.39. The van der Waals surface area contributed by atoms with Gasteiger partial charge in [0.1, 0.15) is 0 Å². The van der Waals surface area contributed by atoms with E-state index in [9.17, 15) is 8.42 Å². The van der Waals surface area contributed by atoms with E-state index in [0.29, 0.717) is 5.52 Å². The van der Waals surface area contributed by atoms with Crippen LogP contribution in [0.1, 0.15) is 0 Å². The largest absolute Gasteiger partial charge is 0.328 e. The van der Waals surface area contributed by atoms with Gasteiger partial charge in [0.25, 0.3) is 10.0 Å². The second kappa shape index (κ2) is 3.32. The van der Waals surface area contributed by atoms with Gasteiger partial charge in [-0.2, -0.15) is 0 Å². The Hall–Kier alpha value is -1.40. The van der Waals surface area contributed by atoms with Crippen LogP contribution in [0.15, 0.2) is 29.4 Å². The molecule has 0 amide bonds. The number of hydrogen-bond acceptors (Lipinski definition) is 3. The third-order valence-corrected chi connectivity index (χ3v) is 3.74. The number of imidazole rings is 1. The van der Waals surface area contributed by atoms with E-state index in [4.69, 9.17) is 0 Å². The molecule has 5 nitrogen and oxygen atoms in total. The van der Waals surface area contributed by atoms with Gasteiger partial charge in [0.05, 0.1) is 11.0 Å². The van der Waals surface area contributed by atoms with Crippen LogP contribution in [0.4, 0.5) is 0 Å². The second-order valence-corrected chi connectivity index (χ2v) is 5.41. The molecule has 1 heterocycles. The smallest absolute Gasteiger partial charge is 0.276 e. The molecule has 2 aromatic rings. The Balaban J connectivity index is 2.64. The van der Waals surface area contributed by atoms with Crippen LogP contribution in [-0.4, -0.2) is 36.8 Å². The molecule has 15 heavy (non-hydrogen) atoms. The molecule has 1 aromatic carbocycles. The summed E-state index contributed by atoms with van der Waals surface area (Å²) >= 11 is 0. The molecule has 2 rings (SSSR count). The lowest BCUT2D eigenvalue weighted by Gasteiger charge is -2.07. The average Bonchev–Trinajstić information content (AvgIpc) is 2.61. The van der Waals surface area contributed by atoms with E-state index >= 15 is 0 Å². The van der Waals surface area contributed by atoms with Gasteiger partial charge in [-0.15, -0.1) is 0 Å². The lowest BCUT2D eigenvalue weighted by Crippen LogP contribution is -2.23. The predicted octanol–water partition coefficient (Wildman–Crippen LogP) is 0.813. The van der Waals surface area contributed by atoms with E-state index < -0.39 is 10.0 Å². The van der Waals surface area contributed by atoms with Gasteiger partial charge >= 0.3 is 0 Å². The van der Waals surface area contributed by atoms with Crippen molar-refractivity contribution in [1.82, 2.24) is 14.3 Å². The second-order valence-electron chi connectivity index (χ2n) is 3.35. The molecule has 80 valence electrons. The zero-order valence-electron chi connectivity index (χ0n) is 8.43. The molecule has 0 aliphatic heterocycles. The van der Waals surface area contributed by atoms with Crippen molar-refractivity contribution >= 4 is 21.1 Å². The number of sulfonamides is 1. The Morgan fingerprint density at radius 2 is 1.93 bits per heavy atom. The van der Waals surface area contributed by atoms with E-state index in [1.54, 1.807) is 12.1 Å². The number of aromatic nitrogens is 2. The maximum Gasteiger partial charge on any atom is 0.276 e. The van der Waals surface area contributed by atoms with Gasteiger partial charge in [0.2, 0.25) is 5.16 Å². The first-order chi connectivity index (χ1) is 7.01. The van der Waals surface area contributed by atoms with Crippen molar-refractivity contribution in [2.24, 2.45) is 0 Å². The number of para-hydroxylation sites is 2. The topological polar surface area (TPSA) is 66.1 Å². The van der Waals surface area contributed by atoms with Crippen molar-refractivity contribution < 1.29 is 8.42 Å². The Morgan fingerprint density at radius 1 is 1.27 bits per heavy atom. The number of nitrogens with zero attached hydrogens (tertiary/aromatic N) is 2. The number of hydrogen-bond donors (Lipinski definition) is 1. The molecule has 0 saturated carbocycles. The van der Waals surface area contributed by atoms with E-state index in [1.807, 2.05) is 12.1 Å². The summed E-state index contributed by atoms with van der Waals surface area (Å²) in [6.07, 6.45) is 0.